The normalized spacial score (nSPS) is 11.4. The van der Waals surface area contributed by atoms with Crippen molar-refractivity contribution in [1.29, 1.82) is 0 Å². The fraction of sp³-hybridized carbons (Fsp3) is 0.188. The zero-order valence-corrected chi connectivity index (χ0v) is 13.4. The van der Waals surface area contributed by atoms with Gasteiger partial charge in [0.25, 0.3) is 11.6 Å². The molecule has 130 valence electrons. The molecule has 0 saturated heterocycles. The number of hydrogen-bond acceptors (Lipinski definition) is 6. The molecule has 0 unspecified atom stereocenters. The van der Waals surface area contributed by atoms with Crippen LogP contribution in [0.4, 0.5) is 11.4 Å². The zero-order valence-electron chi connectivity index (χ0n) is 13.4. The second-order valence-corrected chi connectivity index (χ2v) is 5.17. The Morgan fingerprint density at radius 3 is 2.56 bits per heavy atom. The number of aromatic nitrogens is 1. The van der Waals surface area contributed by atoms with Crippen molar-refractivity contribution in [1.82, 2.24) is 4.98 Å². The Kier molecular flexibility index (Phi) is 5.28. The summed E-state index contributed by atoms with van der Waals surface area (Å²) in [6.45, 7) is 2.68. The number of hydrogen-bond donors (Lipinski definition) is 2. The third kappa shape index (κ3) is 4.28. The summed E-state index contributed by atoms with van der Waals surface area (Å²) in [6, 6.07) is 6.93. The van der Waals surface area contributed by atoms with Gasteiger partial charge in [-0.05, 0) is 26.0 Å². The molecular weight excluding hydrogens is 330 g/mol. The molecule has 1 aromatic heterocycles. The highest BCUT2D eigenvalue weighted by atomic mass is 16.6. The fourth-order valence-electron chi connectivity index (χ4n) is 1.97. The van der Waals surface area contributed by atoms with Crippen LogP contribution in [0.15, 0.2) is 36.5 Å². The Bertz CT molecular complexity index is 842. The molecular formula is C16H15N3O6. The molecule has 0 saturated carbocycles. The number of nitrogens with zero attached hydrogens (tertiary/aromatic N) is 1. The lowest BCUT2D eigenvalue weighted by Gasteiger charge is -2.13. The van der Waals surface area contributed by atoms with E-state index in [0.29, 0.717) is 5.56 Å². The molecule has 0 fully saturated rings. The Balaban J connectivity index is 2.04. The molecule has 0 aliphatic heterocycles. The Hall–Kier alpha value is -3.49. The zero-order chi connectivity index (χ0) is 18.6. The number of carbonyl (C=O) groups is 3. The van der Waals surface area contributed by atoms with Crippen LogP contribution in [-0.4, -0.2) is 33.7 Å². The molecule has 0 aliphatic rings. The molecule has 1 amide bonds. The van der Waals surface area contributed by atoms with Gasteiger partial charge in [0.05, 0.1) is 4.92 Å². The van der Waals surface area contributed by atoms with E-state index >= 15 is 0 Å². The van der Waals surface area contributed by atoms with Gasteiger partial charge in [-0.3, -0.25) is 19.7 Å². The van der Waals surface area contributed by atoms with Crippen molar-refractivity contribution in [2.24, 2.45) is 0 Å². The molecule has 1 atom stereocenters. The van der Waals surface area contributed by atoms with Gasteiger partial charge in [-0.25, -0.2) is 4.79 Å². The van der Waals surface area contributed by atoms with E-state index in [2.05, 4.69) is 10.3 Å². The van der Waals surface area contributed by atoms with Crippen molar-refractivity contribution in [2.45, 2.75) is 20.0 Å². The van der Waals surface area contributed by atoms with E-state index in [9.17, 15) is 24.5 Å². The SMILES string of the molecule is CC(=O)c1c[nH]c(C(=O)O[C@H](C)C(=O)Nc2ccccc2[N+](=O)[O-])c1. The molecule has 0 bridgehead atoms. The Morgan fingerprint density at radius 1 is 1.28 bits per heavy atom. The van der Waals surface area contributed by atoms with Crippen LogP contribution in [0.2, 0.25) is 0 Å². The van der Waals surface area contributed by atoms with Gasteiger partial charge in [-0.15, -0.1) is 0 Å². The van der Waals surface area contributed by atoms with E-state index in [1.54, 1.807) is 0 Å². The number of ketones is 1. The highest BCUT2D eigenvalue weighted by molar-refractivity contribution is 6.00. The largest absolute Gasteiger partial charge is 0.448 e. The number of anilines is 1. The standard InChI is InChI=1S/C16H15N3O6/c1-9(20)11-7-13(17-8-11)16(22)25-10(2)15(21)18-12-5-3-4-6-14(12)19(23)24/h3-8,10,17H,1-2H3,(H,18,21)/t10-/m1/s1. The topological polar surface area (TPSA) is 131 Å². The molecule has 9 nitrogen and oxygen atoms in total. The molecule has 2 rings (SSSR count). The minimum absolute atomic E-state index is 0.000798. The summed E-state index contributed by atoms with van der Waals surface area (Å²) >= 11 is 0. The lowest BCUT2D eigenvalue weighted by atomic mass is 10.2. The summed E-state index contributed by atoms with van der Waals surface area (Å²) in [4.78, 5) is 48.2. The summed E-state index contributed by atoms with van der Waals surface area (Å²) in [5, 5.41) is 13.3. The molecule has 0 radical (unpaired) electrons. The monoisotopic (exact) mass is 345 g/mol. The molecule has 0 aliphatic carbocycles. The van der Waals surface area contributed by atoms with E-state index < -0.39 is 22.9 Å². The minimum Gasteiger partial charge on any atom is -0.448 e. The predicted octanol–water partition coefficient (Wildman–Crippen LogP) is 2.31. The van der Waals surface area contributed by atoms with Gasteiger partial charge in [0.2, 0.25) is 0 Å². The van der Waals surface area contributed by atoms with E-state index in [0.717, 1.165) is 0 Å². The maximum atomic E-state index is 12.1. The lowest BCUT2D eigenvalue weighted by molar-refractivity contribution is -0.383. The Labute approximate surface area is 142 Å². The summed E-state index contributed by atoms with van der Waals surface area (Å²) in [5.74, 6) is -1.77. The summed E-state index contributed by atoms with van der Waals surface area (Å²) in [5.41, 5.74) is 0.0588. The van der Waals surface area contributed by atoms with Crippen molar-refractivity contribution in [3.05, 3.63) is 57.9 Å². The quantitative estimate of drug-likeness (QED) is 0.357. The van der Waals surface area contributed by atoms with Crippen LogP contribution in [0, 0.1) is 10.1 Å². The van der Waals surface area contributed by atoms with Gasteiger partial charge in [0.15, 0.2) is 11.9 Å². The first-order valence-corrected chi connectivity index (χ1v) is 7.24. The first-order chi connectivity index (χ1) is 11.8. The van der Waals surface area contributed by atoms with Crippen LogP contribution >= 0.6 is 0 Å². The molecule has 0 spiro atoms. The van der Waals surface area contributed by atoms with Gasteiger partial charge in [-0.2, -0.15) is 0 Å². The number of nitro groups is 1. The summed E-state index contributed by atoms with van der Waals surface area (Å²) in [6.07, 6.45) is 0.160. The first-order valence-electron chi connectivity index (χ1n) is 7.24. The highest BCUT2D eigenvalue weighted by Gasteiger charge is 2.23. The number of aromatic amines is 1. The van der Waals surface area contributed by atoms with Gasteiger partial charge in [-0.1, -0.05) is 12.1 Å². The van der Waals surface area contributed by atoms with Crippen molar-refractivity contribution < 1.29 is 24.0 Å². The lowest BCUT2D eigenvalue weighted by Crippen LogP contribution is -2.30. The number of ether oxygens (including phenoxy) is 1. The van der Waals surface area contributed by atoms with E-state index in [4.69, 9.17) is 4.74 Å². The van der Waals surface area contributed by atoms with Gasteiger partial charge in [0, 0.05) is 17.8 Å². The van der Waals surface area contributed by atoms with Gasteiger partial charge < -0.3 is 15.0 Å². The summed E-state index contributed by atoms with van der Waals surface area (Å²) in [7, 11) is 0. The molecule has 2 N–H and O–H groups in total. The average molecular weight is 345 g/mol. The number of carbonyl (C=O) groups excluding carboxylic acids is 3. The van der Waals surface area contributed by atoms with E-state index in [1.807, 2.05) is 0 Å². The van der Waals surface area contributed by atoms with Crippen molar-refractivity contribution in [3.8, 4) is 0 Å². The number of nitrogens with one attached hydrogen (secondary N) is 2. The van der Waals surface area contributed by atoms with Gasteiger partial charge in [0.1, 0.15) is 11.4 Å². The van der Waals surface area contributed by atoms with Crippen molar-refractivity contribution in [3.63, 3.8) is 0 Å². The predicted molar refractivity (Wildman–Crippen MR) is 87.4 cm³/mol. The number of benzene rings is 1. The smallest absolute Gasteiger partial charge is 0.355 e. The van der Waals surface area contributed by atoms with E-state index in [-0.39, 0.29) is 22.9 Å². The van der Waals surface area contributed by atoms with Crippen LogP contribution in [0.1, 0.15) is 34.7 Å². The maximum absolute atomic E-state index is 12.1. The van der Waals surface area contributed by atoms with Crippen molar-refractivity contribution in [2.75, 3.05) is 5.32 Å². The number of para-hydroxylation sites is 2. The minimum atomic E-state index is -1.20. The average Bonchev–Trinajstić information content (AvgIpc) is 3.05. The third-order valence-corrected chi connectivity index (χ3v) is 3.32. The molecule has 9 heteroatoms. The molecule has 2 aromatic rings. The number of nitro benzene ring substituents is 1. The second kappa shape index (κ2) is 7.39. The molecule has 25 heavy (non-hydrogen) atoms. The number of esters is 1. The number of Topliss-reactive ketones (excluding diaryl/α,β-unsaturated/α-hetero) is 1. The number of rotatable bonds is 6. The second-order valence-electron chi connectivity index (χ2n) is 5.17. The molecule has 1 aromatic carbocycles. The third-order valence-electron chi connectivity index (χ3n) is 3.32. The van der Waals surface area contributed by atoms with Gasteiger partial charge >= 0.3 is 5.97 Å². The van der Waals surface area contributed by atoms with E-state index in [1.165, 1.54) is 50.4 Å². The highest BCUT2D eigenvalue weighted by Crippen LogP contribution is 2.23. The maximum Gasteiger partial charge on any atom is 0.355 e. The first kappa shape index (κ1) is 17.9. The van der Waals surface area contributed by atoms with Crippen molar-refractivity contribution >= 4 is 29.0 Å². The number of amides is 1. The molecule has 1 heterocycles. The van der Waals surface area contributed by atoms with Crippen LogP contribution in [-0.2, 0) is 9.53 Å². The van der Waals surface area contributed by atoms with Crippen LogP contribution < -0.4 is 5.32 Å². The van der Waals surface area contributed by atoms with Crippen LogP contribution in [0.3, 0.4) is 0 Å². The van der Waals surface area contributed by atoms with Crippen LogP contribution in [0.5, 0.6) is 0 Å². The summed E-state index contributed by atoms with van der Waals surface area (Å²) < 4.78 is 5.00. The fourth-order valence-corrected chi connectivity index (χ4v) is 1.97. The number of H-pyrrole nitrogens is 1. The Morgan fingerprint density at radius 2 is 1.96 bits per heavy atom. The van der Waals surface area contributed by atoms with Crippen LogP contribution in [0.25, 0.3) is 0 Å².